The third kappa shape index (κ3) is 6.81. The Bertz CT molecular complexity index is 1460. The Hall–Kier alpha value is -4.41. The predicted molar refractivity (Wildman–Crippen MR) is 150 cm³/mol. The molecule has 0 radical (unpaired) electrons. The number of nitrogens with zero attached hydrogens (tertiary/aromatic N) is 4. The number of morpholine rings is 1. The molecule has 1 unspecified atom stereocenters. The van der Waals surface area contributed by atoms with Crippen molar-refractivity contribution in [3.05, 3.63) is 76.0 Å². The molecule has 13 heteroatoms. The summed E-state index contributed by atoms with van der Waals surface area (Å²) in [5, 5.41) is 12.4. The van der Waals surface area contributed by atoms with Crippen molar-refractivity contribution in [2.75, 3.05) is 57.9 Å². The molecule has 0 saturated carbocycles. The number of hydrogen-bond acceptors (Lipinski definition) is 7. The zero-order valence-corrected chi connectivity index (χ0v) is 24.0. The van der Waals surface area contributed by atoms with Gasteiger partial charge in [0, 0.05) is 44.5 Å². The monoisotopic (exact) mass is 599 g/mol. The molecule has 2 aromatic rings. The number of carbonyl (C=O) groups is 3. The number of likely N-dealkylation sites (N-methyl/N-ethyl adjacent to an activating group) is 1. The Kier molecular flexibility index (Phi) is 9.73. The molecule has 2 aliphatic heterocycles. The van der Waals surface area contributed by atoms with Crippen molar-refractivity contribution >= 4 is 23.6 Å². The van der Waals surface area contributed by atoms with E-state index in [4.69, 9.17) is 9.47 Å². The minimum Gasteiger partial charge on any atom is -0.463 e. The van der Waals surface area contributed by atoms with Gasteiger partial charge >= 0.3 is 18.2 Å². The summed E-state index contributed by atoms with van der Waals surface area (Å²) in [6, 6.07) is 8.71. The van der Waals surface area contributed by atoms with Crippen LogP contribution in [0.3, 0.4) is 0 Å². The molecule has 3 amide bonds. The lowest BCUT2D eigenvalue weighted by Gasteiger charge is -2.41. The van der Waals surface area contributed by atoms with Gasteiger partial charge in [0.05, 0.1) is 54.3 Å². The van der Waals surface area contributed by atoms with Crippen molar-refractivity contribution < 1.29 is 37.0 Å². The van der Waals surface area contributed by atoms with Crippen LogP contribution in [-0.2, 0) is 20.4 Å². The van der Waals surface area contributed by atoms with Crippen LogP contribution in [-0.4, -0.2) is 80.8 Å². The van der Waals surface area contributed by atoms with Crippen LogP contribution in [0.1, 0.15) is 46.9 Å². The second kappa shape index (κ2) is 13.3. The molecule has 0 aliphatic carbocycles. The zero-order valence-electron chi connectivity index (χ0n) is 24.0. The molecule has 1 saturated heterocycles. The van der Waals surface area contributed by atoms with E-state index in [0.717, 1.165) is 30.1 Å². The summed E-state index contributed by atoms with van der Waals surface area (Å²) in [7, 11) is 1.39. The first-order valence-electron chi connectivity index (χ1n) is 13.7. The van der Waals surface area contributed by atoms with Gasteiger partial charge in [0.2, 0.25) is 0 Å². The third-order valence-corrected chi connectivity index (χ3v) is 7.34. The maximum Gasteiger partial charge on any atom is 0.416 e. The summed E-state index contributed by atoms with van der Waals surface area (Å²) in [6.07, 6.45) is -4.66. The normalized spacial score (nSPS) is 18.0. The first kappa shape index (κ1) is 31.5. The number of amides is 3. The number of ether oxygens (including phenoxy) is 2. The van der Waals surface area contributed by atoms with E-state index >= 15 is 0 Å². The molecule has 1 N–H and O–H groups in total. The summed E-state index contributed by atoms with van der Waals surface area (Å²) >= 11 is 0. The average molecular weight is 600 g/mol. The van der Waals surface area contributed by atoms with Crippen molar-refractivity contribution in [1.29, 1.82) is 5.26 Å². The van der Waals surface area contributed by atoms with Crippen LogP contribution in [0.25, 0.3) is 0 Å². The van der Waals surface area contributed by atoms with Gasteiger partial charge in [-0.3, -0.25) is 14.6 Å². The number of allylic oxidation sites excluding steroid dienone is 1. The van der Waals surface area contributed by atoms with Gasteiger partial charge in [-0.15, -0.1) is 0 Å². The van der Waals surface area contributed by atoms with Crippen LogP contribution in [0.4, 0.5) is 23.7 Å². The molecule has 2 aliphatic rings. The first-order chi connectivity index (χ1) is 20.5. The quantitative estimate of drug-likeness (QED) is 0.455. The van der Waals surface area contributed by atoms with Crippen molar-refractivity contribution in [2.24, 2.45) is 0 Å². The highest BCUT2D eigenvalue weighted by molar-refractivity contribution is 6.04. The van der Waals surface area contributed by atoms with Crippen LogP contribution < -0.4 is 10.2 Å². The second-order valence-corrected chi connectivity index (χ2v) is 10.0. The lowest BCUT2D eigenvalue weighted by atomic mass is 9.89. The Morgan fingerprint density at radius 2 is 1.88 bits per heavy atom. The topological polar surface area (TPSA) is 115 Å². The van der Waals surface area contributed by atoms with Gasteiger partial charge in [-0.1, -0.05) is 12.1 Å². The number of urea groups is 1. The lowest BCUT2D eigenvalue weighted by Crippen LogP contribution is -2.49. The van der Waals surface area contributed by atoms with E-state index in [9.17, 15) is 32.8 Å². The number of nitrogens with one attached hydrogen (secondary N) is 1. The van der Waals surface area contributed by atoms with Crippen molar-refractivity contribution in [3.8, 4) is 6.07 Å². The highest BCUT2D eigenvalue weighted by Crippen LogP contribution is 2.41. The third-order valence-electron chi connectivity index (χ3n) is 7.34. The number of halogens is 3. The summed E-state index contributed by atoms with van der Waals surface area (Å²) in [4.78, 5) is 45.0. The predicted octanol–water partition coefficient (Wildman–Crippen LogP) is 4.09. The maximum atomic E-state index is 13.8. The largest absolute Gasteiger partial charge is 0.463 e. The maximum absolute atomic E-state index is 13.8. The molecule has 43 heavy (non-hydrogen) atoms. The Labute approximate surface area is 247 Å². The van der Waals surface area contributed by atoms with Gasteiger partial charge in [-0.25, -0.2) is 9.59 Å². The molecular weight excluding hydrogens is 567 g/mol. The van der Waals surface area contributed by atoms with Crippen LogP contribution in [0.15, 0.2) is 53.7 Å². The Morgan fingerprint density at radius 3 is 2.53 bits per heavy atom. The summed E-state index contributed by atoms with van der Waals surface area (Å²) < 4.78 is 51.2. The molecule has 0 spiro atoms. The van der Waals surface area contributed by atoms with Gasteiger partial charge in [0.1, 0.15) is 0 Å². The standard InChI is InChI=1S/C30H32F3N5O5/c1-4-43-28(40)25-19(2)38(22-7-5-6-21(17-22)30(31,32)33)29(41)36(3)26(25)23-9-8-20(18-34)16-24(23)27(39)35-10-11-37-12-14-42-15-13-37/h5-9,16-17,26H,4,10-15H2,1-3H3,(H,35,39). The molecular formula is C30H32F3N5O5. The summed E-state index contributed by atoms with van der Waals surface area (Å²) in [5.74, 6) is -1.31. The van der Waals surface area contributed by atoms with E-state index in [1.54, 1.807) is 6.92 Å². The number of nitriles is 1. The second-order valence-electron chi connectivity index (χ2n) is 10.0. The van der Waals surface area contributed by atoms with Gasteiger partial charge in [0.25, 0.3) is 5.91 Å². The Morgan fingerprint density at radius 1 is 1.16 bits per heavy atom. The molecule has 1 fully saturated rings. The van der Waals surface area contributed by atoms with Gasteiger partial charge < -0.3 is 19.7 Å². The van der Waals surface area contributed by atoms with E-state index in [2.05, 4.69) is 10.2 Å². The minimum absolute atomic E-state index is 0.00813. The average Bonchev–Trinajstić information content (AvgIpc) is 2.99. The van der Waals surface area contributed by atoms with E-state index in [1.165, 1.54) is 49.2 Å². The van der Waals surface area contributed by atoms with Crippen molar-refractivity contribution in [3.63, 3.8) is 0 Å². The molecule has 0 aromatic heterocycles. The molecule has 2 heterocycles. The van der Waals surface area contributed by atoms with Gasteiger partial charge in [0.15, 0.2) is 0 Å². The number of esters is 1. The number of benzene rings is 2. The van der Waals surface area contributed by atoms with Crippen LogP contribution in [0, 0.1) is 11.3 Å². The van der Waals surface area contributed by atoms with Crippen molar-refractivity contribution in [2.45, 2.75) is 26.1 Å². The number of anilines is 1. The van der Waals surface area contributed by atoms with Crippen LogP contribution in [0.2, 0.25) is 0 Å². The highest BCUT2D eigenvalue weighted by atomic mass is 19.4. The first-order valence-corrected chi connectivity index (χ1v) is 13.7. The van der Waals surface area contributed by atoms with E-state index in [1.807, 2.05) is 6.07 Å². The summed E-state index contributed by atoms with van der Waals surface area (Å²) in [5.41, 5.74) is -0.516. The SMILES string of the molecule is CCOC(=O)C1=C(C)N(c2cccc(C(F)(F)F)c2)C(=O)N(C)C1c1ccc(C#N)cc1C(=O)NCCN1CCOCC1. The van der Waals surface area contributed by atoms with Crippen LogP contribution in [0.5, 0.6) is 0 Å². The molecule has 2 aromatic carbocycles. The Balaban J connectivity index is 1.78. The molecule has 10 nitrogen and oxygen atoms in total. The molecule has 0 bridgehead atoms. The lowest BCUT2D eigenvalue weighted by molar-refractivity contribution is -0.139. The minimum atomic E-state index is -4.66. The zero-order chi connectivity index (χ0) is 31.3. The van der Waals surface area contributed by atoms with Gasteiger partial charge in [-0.05, 0) is 49.7 Å². The van der Waals surface area contributed by atoms with E-state index < -0.39 is 35.7 Å². The van der Waals surface area contributed by atoms with E-state index in [0.29, 0.717) is 26.3 Å². The van der Waals surface area contributed by atoms with Crippen LogP contribution >= 0.6 is 0 Å². The highest BCUT2D eigenvalue weighted by Gasteiger charge is 2.43. The molecule has 228 valence electrons. The number of hydrogen-bond donors (Lipinski definition) is 1. The molecule has 1 atom stereocenters. The fourth-order valence-electron chi connectivity index (χ4n) is 5.19. The fourth-order valence-corrected chi connectivity index (χ4v) is 5.19. The van der Waals surface area contributed by atoms with Crippen molar-refractivity contribution in [1.82, 2.24) is 15.1 Å². The molecule has 4 rings (SSSR count). The van der Waals surface area contributed by atoms with Gasteiger partial charge in [-0.2, -0.15) is 18.4 Å². The number of alkyl halides is 3. The number of carbonyl (C=O) groups excluding carboxylic acids is 3. The summed E-state index contributed by atoms with van der Waals surface area (Å²) in [6.45, 7) is 6.57. The van der Waals surface area contributed by atoms with E-state index in [-0.39, 0.29) is 40.3 Å². The smallest absolute Gasteiger partial charge is 0.416 e. The number of rotatable bonds is 8. The fraction of sp³-hybridized carbons (Fsp3) is 0.400.